The van der Waals surface area contributed by atoms with Crippen molar-refractivity contribution in [1.82, 2.24) is 4.90 Å². The van der Waals surface area contributed by atoms with Gasteiger partial charge in [0, 0.05) is 24.3 Å². The minimum absolute atomic E-state index is 0.0645. The van der Waals surface area contributed by atoms with Gasteiger partial charge >= 0.3 is 0 Å². The third kappa shape index (κ3) is 3.45. The topological polar surface area (TPSA) is 49.4 Å². The summed E-state index contributed by atoms with van der Waals surface area (Å²) < 4.78 is 29.5. The molecule has 2 aromatic rings. The van der Waals surface area contributed by atoms with Crippen LogP contribution >= 0.6 is 0 Å². The highest BCUT2D eigenvalue weighted by Gasteiger charge is 2.57. The number of benzene rings is 2. The van der Waals surface area contributed by atoms with Crippen LogP contribution in [0.15, 0.2) is 42.5 Å². The first-order chi connectivity index (χ1) is 15.5. The van der Waals surface area contributed by atoms with Gasteiger partial charge in [0.1, 0.15) is 11.9 Å². The van der Waals surface area contributed by atoms with Crippen molar-refractivity contribution in [3.8, 4) is 17.2 Å². The third-order valence-corrected chi connectivity index (χ3v) is 7.82. The van der Waals surface area contributed by atoms with Crippen LogP contribution in [0.1, 0.15) is 42.9 Å². The number of methoxy groups -OCH3 is 3. The minimum atomic E-state index is -0.531. The smallest absolute Gasteiger partial charge is 0.170 e. The standard InChI is InChI=1S/C26H33NO5/c1-27-13-12-25(19-8-9-21(29-3)22(15-19)30-4)10-11-26(16-24(25)27)31-17-23(32-26)18-6-5-7-20(14-18)28-2/h5-9,14-15,23-24H,10-13,16-17H2,1-4H3/t23?,24?,25-,26?/m0/s1. The van der Waals surface area contributed by atoms with Gasteiger partial charge in [-0.3, -0.25) is 0 Å². The van der Waals surface area contributed by atoms with Gasteiger partial charge in [0.15, 0.2) is 17.3 Å². The fraction of sp³-hybridized carbons (Fsp3) is 0.538. The van der Waals surface area contributed by atoms with Gasteiger partial charge < -0.3 is 28.6 Å². The first kappa shape index (κ1) is 21.6. The van der Waals surface area contributed by atoms with Gasteiger partial charge in [-0.15, -0.1) is 0 Å². The monoisotopic (exact) mass is 439 g/mol. The van der Waals surface area contributed by atoms with E-state index < -0.39 is 5.79 Å². The molecule has 0 bridgehead atoms. The summed E-state index contributed by atoms with van der Waals surface area (Å²) in [7, 11) is 7.30. The normalized spacial score (nSPS) is 32.1. The molecule has 2 saturated heterocycles. The lowest BCUT2D eigenvalue weighted by Crippen LogP contribution is -2.52. The van der Waals surface area contributed by atoms with E-state index in [0.29, 0.717) is 12.6 Å². The number of ether oxygens (including phenoxy) is 5. The molecule has 2 aliphatic heterocycles. The fourth-order valence-corrected chi connectivity index (χ4v) is 6.00. The van der Waals surface area contributed by atoms with Gasteiger partial charge in [0.05, 0.1) is 27.9 Å². The van der Waals surface area contributed by atoms with E-state index in [2.05, 4.69) is 30.1 Å². The van der Waals surface area contributed by atoms with Crippen molar-refractivity contribution in [1.29, 1.82) is 0 Å². The van der Waals surface area contributed by atoms with Crippen LogP contribution in [0.2, 0.25) is 0 Å². The largest absolute Gasteiger partial charge is 0.497 e. The number of hydrogen-bond acceptors (Lipinski definition) is 6. The summed E-state index contributed by atoms with van der Waals surface area (Å²) in [6.07, 6.45) is 3.82. The molecule has 1 aliphatic carbocycles. The molecule has 172 valence electrons. The summed E-state index contributed by atoms with van der Waals surface area (Å²) in [5.74, 6) is 1.88. The Bertz CT molecular complexity index is 980. The number of likely N-dealkylation sites (tertiary alicyclic amines) is 1. The van der Waals surface area contributed by atoms with Crippen LogP contribution in [0.25, 0.3) is 0 Å². The highest BCUT2D eigenvalue weighted by molar-refractivity contribution is 5.46. The lowest BCUT2D eigenvalue weighted by molar-refractivity contribution is -0.204. The van der Waals surface area contributed by atoms with Gasteiger partial charge in [-0.1, -0.05) is 18.2 Å². The van der Waals surface area contributed by atoms with E-state index >= 15 is 0 Å². The second-order valence-electron chi connectivity index (χ2n) is 9.28. The molecule has 3 unspecified atom stereocenters. The highest BCUT2D eigenvalue weighted by Crippen LogP contribution is 2.55. The van der Waals surface area contributed by atoms with Crippen LogP contribution in [0.3, 0.4) is 0 Å². The molecular formula is C26H33NO5. The first-order valence-electron chi connectivity index (χ1n) is 11.4. The Balaban J connectivity index is 1.40. The SMILES string of the molecule is COc1cccc(C2COC3(CC[C@@]4(c5ccc(OC)c(OC)c5)CCN(C)C4C3)O2)c1. The molecule has 2 heterocycles. The molecule has 1 spiro atoms. The predicted molar refractivity (Wildman–Crippen MR) is 122 cm³/mol. The summed E-state index contributed by atoms with van der Waals surface area (Å²) >= 11 is 0. The van der Waals surface area contributed by atoms with E-state index in [4.69, 9.17) is 23.7 Å². The maximum atomic E-state index is 6.65. The predicted octanol–water partition coefficient (Wildman–Crippen LogP) is 4.32. The number of nitrogens with zero attached hydrogens (tertiary/aromatic N) is 1. The molecule has 3 fully saturated rings. The molecule has 0 amide bonds. The number of rotatable bonds is 5. The van der Waals surface area contributed by atoms with E-state index in [1.54, 1.807) is 21.3 Å². The van der Waals surface area contributed by atoms with Crippen molar-refractivity contribution in [2.24, 2.45) is 0 Å². The van der Waals surface area contributed by atoms with Crippen molar-refractivity contribution < 1.29 is 23.7 Å². The summed E-state index contributed by atoms with van der Waals surface area (Å²) in [6.45, 7) is 1.64. The zero-order chi connectivity index (χ0) is 22.3. The molecule has 6 heteroatoms. The van der Waals surface area contributed by atoms with E-state index in [0.717, 1.165) is 55.0 Å². The van der Waals surface area contributed by atoms with Crippen LogP contribution in [-0.2, 0) is 14.9 Å². The van der Waals surface area contributed by atoms with Crippen molar-refractivity contribution in [3.63, 3.8) is 0 Å². The Kier molecular flexibility index (Phi) is 5.56. The van der Waals surface area contributed by atoms with E-state index in [1.165, 1.54) is 5.56 Å². The Morgan fingerprint density at radius 1 is 0.938 bits per heavy atom. The number of fused-ring (bicyclic) bond motifs is 1. The van der Waals surface area contributed by atoms with E-state index in [9.17, 15) is 0 Å². The molecule has 32 heavy (non-hydrogen) atoms. The lowest BCUT2D eigenvalue weighted by atomic mass is 9.64. The molecule has 0 N–H and O–H groups in total. The zero-order valence-corrected chi connectivity index (χ0v) is 19.4. The maximum absolute atomic E-state index is 6.65. The molecule has 0 aromatic heterocycles. The van der Waals surface area contributed by atoms with Crippen LogP contribution in [0.4, 0.5) is 0 Å². The molecule has 3 aliphatic rings. The number of likely N-dealkylation sites (N-methyl/N-ethyl adjacent to an activating group) is 1. The quantitative estimate of drug-likeness (QED) is 0.692. The van der Waals surface area contributed by atoms with Crippen LogP contribution < -0.4 is 14.2 Å². The Labute approximate surface area is 190 Å². The average molecular weight is 440 g/mol. The van der Waals surface area contributed by atoms with Crippen molar-refractivity contribution in [2.45, 2.75) is 49.0 Å². The van der Waals surface area contributed by atoms with Crippen molar-refractivity contribution >= 4 is 0 Å². The average Bonchev–Trinajstić information content (AvgIpc) is 3.41. The summed E-state index contributed by atoms with van der Waals surface area (Å²) in [4.78, 5) is 2.48. The molecule has 0 radical (unpaired) electrons. The Morgan fingerprint density at radius 2 is 1.78 bits per heavy atom. The second-order valence-corrected chi connectivity index (χ2v) is 9.28. The van der Waals surface area contributed by atoms with Crippen LogP contribution in [0, 0.1) is 0 Å². The van der Waals surface area contributed by atoms with Crippen molar-refractivity contribution in [2.75, 3.05) is 41.5 Å². The third-order valence-electron chi connectivity index (χ3n) is 7.82. The van der Waals surface area contributed by atoms with Gasteiger partial charge in [-0.2, -0.15) is 0 Å². The summed E-state index contributed by atoms with van der Waals surface area (Å²) in [5, 5.41) is 0. The molecule has 5 rings (SSSR count). The first-order valence-corrected chi connectivity index (χ1v) is 11.4. The fourth-order valence-electron chi connectivity index (χ4n) is 6.00. The summed E-state index contributed by atoms with van der Waals surface area (Å²) in [6, 6.07) is 14.9. The van der Waals surface area contributed by atoms with Gasteiger partial charge in [0.2, 0.25) is 0 Å². The van der Waals surface area contributed by atoms with Crippen LogP contribution in [-0.4, -0.2) is 58.3 Å². The highest BCUT2D eigenvalue weighted by atomic mass is 16.7. The molecular weight excluding hydrogens is 406 g/mol. The Hall–Kier alpha value is -2.28. The molecule has 4 atom stereocenters. The number of hydrogen-bond donors (Lipinski definition) is 0. The maximum Gasteiger partial charge on any atom is 0.170 e. The molecule has 1 saturated carbocycles. The van der Waals surface area contributed by atoms with E-state index in [-0.39, 0.29) is 11.5 Å². The molecule has 2 aromatic carbocycles. The van der Waals surface area contributed by atoms with Crippen LogP contribution in [0.5, 0.6) is 17.2 Å². The Morgan fingerprint density at radius 3 is 2.56 bits per heavy atom. The van der Waals surface area contributed by atoms with Crippen molar-refractivity contribution in [3.05, 3.63) is 53.6 Å². The summed E-state index contributed by atoms with van der Waals surface area (Å²) in [5.41, 5.74) is 2.50. The van der Waals surface area contributed by atoms with Gasteiger partial charge in [-0.25, -0.2) is 0 Å². The molecule has 6 nitrogen and oxygen atoms in total. The van der Waals surface area contributed by atoms with Gasteiger partial charge in [0.25, 0.3) is 0 Å². The van der Waals surface area contributed by atoms with E-state index in [1.807, 2.05) is 24.3 Å². The van der Waals surface area contributed by atoms with Gasteiger partial charge in [-0.05, 0) is 61.8 Å². The second kappa shape index (κ2) is 8.25. The zero-order valence-electron chi connectivity index (χ0n) is 19.4. The minimum Gasteiger partial charge on any atom is -0.497 e. The lowest BCUT2D eigenvalue weighted by Gasteiger charge is -2.48.